The zero-order valence-electron chi connectivity index (χ0n) is 18.2. The zero-order valence-corrected chi connectivity index (χ0v) is 18.2. The second-order valence-corrected chi connectivity index (χ2v) is 8.78. The van der Waals surface area contributed by atoms with E-state index in [2.05, 4.69) is 29.2 Å². The molecule has 1 N–H and O–H groups in total. The SMILES string of the molecule is O=C(O)c1ccc(-c2ccc3c(c2)CCN(C2CCN(Cc4ccccc4)C2)C3=O)c(F)c1. The van der Waals surface area contributed by atoms with Gasteiger partial charge in [0.1, 0.15) is 5.82 Å². The molecule has 0 bridgehead atoms. The van der Waals surface area contributed by atoms with Crippen molar-refractivity contribution in [3.63, 3.8) is 0 Å². The highest BCUT2D eigenvalue weighted by atomic mass is 19.1. The maximum atomic E-state index is 14.5. The molecule has 0 saturated carbocycles. The van der Waals surface area contributed by atoms with Gasteiger partial charge in [0, 0.05) is 43.3 Å². The molecule has 1 saturated heterocycles. The van der Waals surface area contributed by atoms with E-state index in [0.717, 1.165) is 44.1 Å². The van der Waals surface area contributed by atoms with Crippen molar-refractivity contribution in [3.8, 4) is 11.1 Å². The van der Waals surface area contributed by atoms with E-state index < -0.39 is 11.8 Å². The average molecular weight is 445 g/mol. The van der Waals surface area contributed by atoms with E-state index in [4.69, 9.17) is 5.11 Å². The molecule has 0 spiro atoms. The summed E-state index contributed by atoms with van der Waals surface area (Å²) in [6.45, 7) is 3.39. The molecule has 1 fully saturated rings. The summed E-state index contributed by atoms with van der Waals surface area (Å²) in [5, 5.41) is 9.05. The van der Waals surface area contributed by atoms with Crippen LogP contribution in [0.2, 0.25) is 0 Å². The van der Waals surface area contributed by atoms with Crippen LogP contribution in [0.4, 0.5) is 4.39 Å². The molecule has 3 aromatic rings. The first-order valence-electron chi connectivity index (χ1n) is 11.2. The monoisotopic (exact) mass is 444 g/mol. The van der Waals surface area contributed by atoms with Crippen molar-refractivity contribution in [2.75, 3.05) is 19.6 Å². The predicted octanol–water partition coefficient (Wildman–Crippen LogP) is 4.46. The normalized spacial score (nSPS) is 18.4. The lowest BCUT2D eigenvalue weighted by molar-refractivity contribution is 0.0661. The smallest absolute Gasteiger partial charge is 0.335 e. The van der Waals surface area contributed by atoms with Gasteiger partial charge >= 0.3 is 5.97 Å². The first-order chi connectivity index (χ1) is 16.0. The average Bonchev–Trinajstić information content (AvgIpc) is 3.27. The molecule has 2 aliphatic rings. The van der Waals surface area contributed by atoms with Gasteiger partial charge in [-0.3, -0.25) is 9.69 Å². The zero-order chi connectivity index (χ0) is 22.9. The number of nitrogens with zero attached hydrogens (tertiary/aromatic N) is 2. The summed E-state index contributed by atoms with van der Waals surface area (Å²) in [5.41, 5.74) is 3.77. The van der Waals surface area contributed by atoms with Crippen molar-refractivity contribution in [3.05, 3.63) is 94.8 Å². The standard InChI is InChI=1S/C27H25FN2O3/c28-25-15-21(27(32)33)7-8-23(25)19-6-9-24-20(14-19)10-13-30(26(24)31)22-11-12-29(17-22)16-18-4-2-1-3-5-18/h1-9,14-15,22H,10-13,16-17H2,(H,32,33). The number of carboxylic acids is 1. The van der Waals surface area contributed by atoms with Crippen molar-refractivity contribution >= 4 is 11.9 Å². The van der Waals surface area contributed by atoms with Crippen molar-refractivity contribution in [1.82, 2.24) is 9.80 Å². The molecule has 0 aliphatic carbocycles. The van der Waals surface area contributed by atoms with E-state index in [1.165, 1.54) is 17.7 Å². The third-order valence-corrected chi connectivity index (χ3v) is 6.68. The number of benzene rings is 3. The van der Waals surface area contributed by atoms with Crippen LogP contribution in [-0.2, 0) is 13.0 Å². The highest BCUT2D eigenvalue weighted by molar-refractivity contribution is 5.97. The summed E-state index contributed by atoms with van der Waals surface area (Å²) >= 11 is 0. The first-order valence-corrected chi connectivity index (χ1v) is 11.2. The maximum absolute atomic E-state index is 14.5. The van der Waals surface area contributed by atoms with Crippen molar-refractivity contribution in [2.24, 2.45) is 0 Å². The molecule has 0 aromatic heterocycles. The maximum Gasteiger partial charge on any atom is 0.335 e. The van der Waals surface area contributed by atoms with Crippen LogP contribution in [0.3, 0.4) is 0 Å². The number of likely N-dealkylation sites (tertiary alicyclic amines) is 1. The quantitative estimate of drug-likeness (QED) is 0.631. The molecule has 1 unspecified atom stereocenters. The summed E-state index contributed by atoms with van der Waals surface area (Å²) in [6, 6.07) is 19.9. The Morgan fingerprint density at radius 2 is 1.79 bits per heavy atom. The number of amides is 1. The number of fused-ring (bicyclic) bond motifs is 1. The highest BCUT2D eigenvalue weighted by Crippen LogP contribution is 2.30. The van der Waals surface area contributed by atoms with E-state index in [-0.39, 0.29) is 17.5 Å². The Morgan fingerprint density at radius 1 is 1.00 bits per heavy atom. The second kappa shape index (κ2) is 8.79. The van der Waals surface area contributed by atoms with Gasteiger partial charge in [-0.2, -0.15) is 0 Å². The summed E-state index contributed by atoms with van der Waals surface area (Å²) in [7, 11) is 0. The largest absolute Gasteiger partial charge is 0.478 e. The minimum absolute atomic E-state index is 0.0380. The van der Waals surface area contributed by atoms with E-state index in [0.29, 0.717) is 23.2 Å². The summed E-state index contributed by atoms with van der Waals surface area (Å²) < 4.78 is 14.5. The number of carbonyl (C=O) groups is 2. The number of hydrogen-bond acceptors (Lipinski definition) is 3. The lowest BCUT2D eigenvalue weighted by atomic mass is 9.92. The fraction of sp³-hybridized carbons (Fsp3) is 0.259. The van der Waals surface area contributed by atoms with Crippen LogP contribution in [-0.4, -0.2) is 52.5 Å². The molecule has 6 heteroatoms. The fourth-order valence-corrected chi connectivity index (χ4v) is 4.96. The molecule has 1 atom stereocenters. The van der Waals surface area contributed by atoms with Crippen LogP contribution < -0.4 is 0 Å². The van der Waals surface area contributed by atoms with Crippen LogP contribution in [0.25, 0.3) is 11.1 Å². The molecular weight excluding hydrogens is 419 g/mol. The van der Waals surface area contributed by atoms with Crippen molar-refractivity contribution < 1.29 is 19.1 Å². The lowest BCUT2D eigenvalue weighted by Gasteiger charge is -2.34. The minimum atomic E-state index is -1.16. The van der Waals surface area contributed by atoms with Crippen LogP contribution in [0, 0.1) is 5.82 Å². The number of hydrogen-bond donors (Lipinski definition) is 1. The van der Waals surface area contributed by atoms with Crippen molar-refractivity contribution in [2.45, 2.75) is 25.4 Å². The van der Waals surface area contributed by atoms with Gasteiger partial charge in [-0.15, -0.1) is 0 Å². The van der Waals surface area contributed by atoms with Gasteiger partial charge in [0.15, 0.2) is 0 Å². The number of aromatic carboxylic acids is 1. The molecule has 5 nitrogen and oxygen atoms in total. The Morgan fingerprint density at radius 3 is 2.55 bits per heavy atom. The summed E-state index contributed by atoms with van der Waals surface area (Å²) in [5.74, 6) is -1.70. The Labute approximate surface area is 192 Å². The van der Waals surface area contributed by atoms with E-state index in [9.17, 15) is 14.0 Å². The van der Waals surface area contributed by atoms with Crippen LogP contribution >= 0.6 is 0 Å². The molecule has 1 amide bonds. The predicted molar refractivity (Wildman–Crippen MR) is 124 cm³/mol. The third kappa shape index (κ3) is 4.26. The van der Waals surface area contributed by atoms with Gasteiger partial charge in [-0.25, -0.2) is 9.18 Å². The molecule has 5 rings (SSSR count). The van der Waals surface area contributed by atoms with Crippen molar-refractivity contribution in [1.29, 1.82) is 0 Å². The van der Waals surface area contributed by atoms with Gasteiger partial charge in [-0.1, -0.05) is 48.5 Å². The van der Waals surface area contributed by atoms with Gasteiger partial charge in [0.2, 0.25) is 0 Å². The van der Waals surface area contributed by atoms with Crippen LogP contribution in [0.1, 0.15) is 38.3 Å². The number of halogens is 1. The number of carboxylic acid groups (broad SMARTS) is 1. The van der Waals surface area contributed by atoms with Crippen LogP contribution in [0.15, 0.2) is 66.7 Å². The molecule has 168 valence electrons. The first kappa shape index (κ1) is 21.3. The molecule has 0 radical (unpaired) electrons. The topological polar surface area (TPSA) is 60.9 Å². The Hall–Kier alpha value is -3.51. The molecular formula is C27H25FN2O3. The molecule has 33 heavy (non-hydrogen) atoms. The second-order valence-electron chi connectivity index (χ2n) is 8.78. The Balaban J connectivity index is 1.31. The number of rotatable bonds is 5. The van der Waals surface area contributed by atoms with E-state index in [1.807, 2.05) is 17.0 Å². The molecule has 2 aliphatic heterocycles. The summed E-state index contributed by atoms with van der Waals surface area (Å²) in [4.78, 5) is 28.7. The molecule has 3 aromatic carbocycles. The summed E-state index contributed by atoms with van der Waals surface area (Å²) in [6.07, 6.45) is 1.69. The van der Waals surface area contributed by atoms with Gasteiger partial charge in [0.25, 0.3) is 5.91 Å². The van der Waals surface area contributed by atoms with E-state index >= 15 is 0 Å². The van der Waals surface area contributed by atoms with Gasteiger partial charge < -0.3 is 10.0 Å². The Bertz CT molecular complexity index is 1210. The van der Waals surface area contributed by atoms with Gasteiger partial charge in [0.05, 0.1) is 5.56 Å². The lowest BCUT2D eigenvalue weighted by Crippen LogP contribution is -2.45. The van der Waals surface area contributed by atoms with Gasteiger partial charge in [-0.05, 0) is 47.7 Å². The van der Waals surface area contributed by atoms with Crippen LogP contribution in [0.5, 0.6) is 0 Å². The number of carbonyl (C=O) groups excluding carboxylic acids is 1. The molecule has 2 heterocycles. The minimum Gasteiger partial charge on any atom is -0.478 e. The highest BCUT2D eigenvalue weighted by Gasteiger charge is 2.34. The third-order valence-electron chi connectivity index (χ3n) is 6.68. The fourth-order valence-electron chi connectivity index (χ4n) is 4.96. The van der Waals surface area contributed by atoms with E-state index in [1.54, 1.807) is 12.1 Å². The Kier molecular flexibility index (Phi) is 5.68.